The molecule has 0 aliphatic carbocycles. The minimum atomic E-state index is 0.666. The zero-order valence-electron chi connectivity index (χ0n) is 25.2. The van der Waals surface area contributed by atoms with Crippen LogP contribution in [0.4, 0.5) is 0 Å². The Hall–Kier alpha value is -5.97. The Labute approximate surface area is 274 Å². The van der Waals surface area contributed by atoms with Crippen LogP contribution >= 0.6 is 11.3 Å². The molecule has 0 amide bonds. The Morgan fingerprint density at radius 1 is 0.340 bits per heavy atom. The van der Waals surface area contributed by atoms with Crippen LogP contribution in [0.15, 0.2) is 152 Å². The molecule has 2 aromatic heterocycles. The number of aromatic nitrogens is 3. The molecular weight excluding hydrogens is 591 g/mol. The molecule has 0 N–H and O–H groups in total. The molecule has 0 saturated carbocycles. The van der Waals surface area contributed by atoms with Crippen molar-refractivity contribution in [3.8, 4) is 34.2 Å². The first-order valence-electron chi connectivity index (χ1n) is 15.8. The monoisotopic (exact) mass is 615 g/mol. The molecule has 47 heavy (non-hydrogen) atoms. The lowest BCUT2D eigenvalue weighted by molar-refractivity contribution is 1.08. The highest BCUT2D eigenvalue weighted by Crippen LogP contribution is 2.39. The fraction of sp³-hybridized carbons (Fsp3) is 0. The molecule has 0 fully saturated rings. The lowest BCUT2D eigenvalue weighted by Crippen LogP contribution is -2.01. The van der Waals surface area contributed by atoms with Crippen molar-refractivity contribution < 1.29 is 0 Å². The highest BCUT2D eigenvalue weighted by molar-refractivity contribution is 7.25. The van der Waals surface area contributed by atoms with Crippen molar-refractivity contribution >= 4 is 74.6 Å². The summed E-state index contributed by atoms with van der Waals surface area (Å²) in [5.74, 6) is 2.00. The largest absolute Gasteiger partial charge is 0.208 e. The van der Waals surface area contributed by atoms with E-state index in [1.165, 1.54) is 41.7 Å². The molecule has 0 atom stereocenters. The van der Waals surface area contributed by atoms with Gasteiger partial charge in [0.05, 0.1) is 0 Å². The van der Waals surface area contributed by atoms with Crippen LogP contribution in [0.2, 0.25) is 0 Å². The Bertz CT molecular complexity index is 2840. The molecule has 218 valence electrons. The summed E-state index contributed by atoms with van der Waals surface area (Å²) in [6.07, 6.45) is 0. The molecule has 0 unspecified atom stereocenters. The molecule has 2 heterocycles. The van der Waals surface area contributed by atoms with Gasteiger partial charge in [0, 0.05) is 42.2 Å². The van der Waals surface area contributed by atoms with Crippen LogP contribution in [0.1, 0.15) is 0 Å². The van der Waals surface area contributed by atoms with Crippen molar-refractivity contribution in [3.63, 3.8) is 0 Å². The highest BCUT2D eigenvalue weighted by atomic mass is 32.1. The van der Waals surface area contributed by atoms with E-state index >= 15 is 0 Å². The Balaban J connectivity index is 1.29. The van der Waals surface area contributed by atoms with Crippen molar-refractivity contribution in [1.82, 2.24) is 15.0 Å². The summed E-state index contributed by atoms with van der Waals surface area (Å²) in [6, 6.07) is 53.9. The normalized spacial score (nSPS) is 11.8. The maximum atomic E-state index is 5.29. The number of benzene rings is 8. The van der Waals surface area contributed by atoms with Gasteiger partial charge in [0.15, 0.2) is 17.5 Å². The number of nitrogens with zero attached hydrogens (tertiary/aromatic N) is 3. The molecular formula is C43H25N3S. The first-order chi connectivity index (χ1) is 23.3. The lowest BCUT2D eigenvalue weighted by Gasteiger charge is -2.14. The second-order valence-corrected chi connectivity index (χ2v) is 13.1. The average Bonchev–Trinajstić information content (AvgIpc) is 3.52. The second kappa shape index (κ2) is 10.3. The number of thiophene rings is 1. The van der Waals surface area contributed by atoms with Gasteiger partial charge in [0.25, 0.3) is 0 Å². The van der Waals surface area contributed by atoms with Crippen LogP contribution in [0, 0.1) is 0 Å². The molecule has 10 rings (SSSR count). The van der Waals surface area contributed by atoms with E-state index in [9.17, 15) is 0 Å². The summed E-state index contributed by atoms with van der Waals surface area (Å²) in [5, 5.41) is 11.9. The van der Waals surface area contributed by atoms with Crippen molar-refractivity contribution in [2.24, 2.45) is 0 Å². The maximum absolute atomic E-state index is 5.29. The van der Waals surface area contributed by atoms with Gasteiger partial charge in [-0.2, -0.15) is 0 Å². The third-order valence-corrected chi connectivity index (χ3v) is 10.4. The summed E-state index contributed by atoms with van der Waals surface area (Å²) in [4.78, 5) is 15.8. The van der Waals surface area contributed by atoms with Gasteiger partial charge in [-0.05, 0) is 55.9 Å². The predicted molar refractivity (Wildman–Crippen MR) is 199 cm³/mol. The van der Waals surface area contributed by atoms with Crippen LogP contribution in [0.3, 0.4) is 0 Å². The first kappa shape index (κ1) is 26.3. The minimum Gasteiger partial charge on any atom is -0.208 e. The quantitative estimate of drug-likeness (QED) is 0.186. The molecule has 0 spiro atoms. The molecule has 8 aromatic carbocycles. The van der Waals surface area contributed by atoms with Crippen molar-refractivity contribution in [2.45, 2.75) is 0 Å². The topological polar surface area (TPSA) is 38.7 Å². The summed E-state index contributed by atoms with van der Waals surface area (Å²) in [7, 11) is 0. The van der Waals surface area contributed by atoms with E-state index in [4.69, 9.17) is 15.0 Å². The van der Waals surface area contributed by atoms with E-state index in [0.717, 1.165) is 38.2 Å². The van der Waals surface area contributed by atoms with Gasteiger partial charge in [-0.1, -0.05) is 133 Å². The molecule has 0 radical (unpaired) electrons. The van der Waals surface area contributed by atoms with Gasteiger partial charge in [-0.15, -0.1) is 11.3 Å². The van der Waals surface area contributed by atoms with E-state index in [2.05, 4.69) is 152 Å². The average molecular weight is 616 g/mol. The van der Waals surface area contributed by atoms with Crippen molar-refractivity contribution in [2.75, 3.05) is 0 Å². The number of fused-ring (bicyclic) bond motifs is 9. The van der Waals surface area contributed by atoms with Crippen molar-refractivity contribution in [3.05, 3.63) is 152 Å². The molecule has 4 heteroatoms. The molecule has 0 aliphatic rings. The third-order valence-electron chi connectivity index (χ3n) is 9.29. The second-order valence-electron chi connectivity index (χ2n) is 12.0. The number of rotatable bonds is 3. The first-order valence-corrected chi connectivity index (χ1v) is 16.6. The predicted octanol–water partition coefficient (Wildman–Crippen LogP) is 11.9. The van der Waals surface area contributed by atoms with Gasteiger partial charge >= 0.3 is 0 Å². The SMILES string of the molecule is c1ccc2c(c1)cc(-c1nc(-c3ccc4c(c3)sc3ccccc34)nc(-c3cccc4ccc5ccccc5c34)n1)c1ccccc12. The molecule has 0 aliphatic heterocycles. The van der Waals surface area contributed by atoms with E-state index in [1.54, 1.807) is 0 Å². The Morgan fingerprint density at radius 3 is 1.83 bits per heavy atom. The van der Waals surface area contributed by atoms with E-state index < -0.39 is 0 Å². The summed E-state index contributed by atoms with van der Waals surface area (Å²) in [5.41, 5.74) is 2.97. The van der Waals surface area contributed by atoms with Crippen LogP contribution in [-0.2, 0) is 0 Å². The minimum absolute atomic E-state index is 0.666. The molecule has 10 aromatic rings. The number of hydrogen-bond donors (Lipinski definition) is 0. The smallest absolute Gasteiger partial charge is 0.164 e. The van der Waals surface area contributed by atoms with Gasteiger partial charge in [-0.3, -0.25) is 0 Å². The summed E-state index contributed by atoms with van der Waals surface area (Å²) in [6.45, 7) is 0. The van der Waals surface area contributed by atoms with E-state index in [1.807, 2.05) is 11.3 Å². The highest BCUT2D eigenvalue weighted by Gasteiger charge is 2.18. The van der Waals surface area contributed by atoms with Crippen LogP contribution < -0.4 is 0 Å². The fourth-order valence-corrected chi connectivity index (χ4v) is 8.24. The lowest BCUT2D eigenvalue weighted by atomic mass is 9.96. The maximum Gasteiger partial charge on any atom is 0.164 e. The van der Waals surface area contributed by atoms with E-state index in [-0.39, 0.29) is 0 Å². The van der Waals surface area contributed by atoms with Crippen LogP contribution in [0.25, 0.3) is 97.4 Å². The molecule has 0 saturated heterocycles. The molecule has 0 bridgehead atoms. The summed E-state index contributed by atoms with van der Waals surface area (Å²) < 4.78 is 2.50. The van der Waals surface area contributed by atoms with E-state index in [0.29, 0.717) is 17.5 Å². The van der Waals surface area contributed by atoms with Gasteiger partial charge in [0.1, 0.15) is 0 Å². The Kier molecular flexibility index (Phi) is 5.74. The van der Waals surface area contributed by atoms with Crippen molar-refractivity contribution in [1.29, 1.82) is 0 Å². The van der Waals surface area contributed by atoms with Crippen LogP contribution in [-0.4, -0.2) is 15.0 Å². The zero-order chi connectivity index (χ0) is 30.9. The van der Waals surface area contributed by atoms with Gasteiger partial charge in [0.2, 0.25) is 0 Å². The fourth-order valence-electron chi connectivity index (χ4n) is 7.10. The summed E-state index contributed by atoms with van der Waals surface area (Å²) >= 11 is 1.81. The van der Waals surface area contributed by atoms with Gasteiger partial charge < -0.3 is 0 Å². The third kappa shape index (κ3) is 4.16. The van der Waals surface area contributed by atoms with Gasteiger partial charge in [-0.25, -0.2) is 15.0 Å². The molecule has 3 nitrogen and oxygen atoms in total. The van der Waals surface area contributed by atoms with Crippen LogP contribution in [0.5, 0.6) is 0 Å². The zero-order valence-corrected chi connectivity index (χ0v) is 26.0. The Morgan fingerprint density at radius 2 is 0.957 bits per heavy atom. The standard InChI is InChI=1S/C43H25N3S/c1-4-14-31-26(10-1)20-21-27-12-9-18-36(40(27)31)42-44-41(29-22-23-35-34-17-7-8-19-38(34)47-39(35)25-29)45-43(46-42)37-24-28-11-2-3-13-30(28)32-15-5-6-16-33(32)37/h1-25H. The number of hydrogen-bond acceptors (Lipinski definition) is 4.